The number of para-hydroxylation sites is 1. The number of thiophene rings is 1. The molecule has 0 fully saturated rings. The Morgan fingerprint density at radius 3 is 2.72 bits per heavy atom. The number of carbonyl (C=O) groups is 1. The van der Waals surface area contributed by atoms with Gasteiger partial charge in [-0.3, -0.25) is 4.79 Å². The Labute approximate surface area is 163 Å². The van der Waals surface area contributed by atoms with Gasteiger partial charge in [0.15, 0.2) is 0 Å². The van der Waals surface area contributed by atoms with Gasteiger partial charge >= 0.3 is 0 Å². The van der Waals surface area contributed by atoms with Gasteiger partial charge in [-0.2, -0.15) is 11.3 Å². The van der Waals surface area contributed by atoms with E-state index < -0.39 is 11.7 Å². The summed E-state index contributed by atoms with van der Waals surface area (Å²) in [6.45, 7) is 0. The van der Waals surface area contributed by atoms with Gasteiger partial charge in [0.2, 0.25) is 0 Å². The number of rotatable bonds is 5. The van der Waals surface area contributed by atoms with Crippen molar-refractivity contribution in [3.8, 4) is 0 Å². The van der Waals surface area contributed by atoms with Crippen LogP contribution in [0.25, 0.3) is 0 Å². The minimum atomic E-state index is -0.684. The molecular weight excluding hydrogens is 400 g/mol. The number of hydrogen-bond acceptors (Lipinski definition) is 3. The third-order valence-corrected chi connectivity index (χ3v) is 5.84. The largest absolute Gasteiger partial charge is 0.321 e. The quantitative estimate of drug-likeness (QED) is 0.372. The number of hydrogen-bond donors (Lipinski definition) is 1. The minimum Gasteiger partial charge on any atom is -0.321 e. The van der Waals surface area contributed by atoms with E-state index in [0.717, 1.165) is 16.7 Å². The second-order valence-electron chi connectivity index (χ2n) is 5.12. The molecule has 3 aromatic rings. The fourth-order valence-corrected chi connectivity index (χ4v) is 4.31. The number of thioether (sulfide) groups is 1. The Bertz CT molecular complexity index is 900. The van der Waals surface area contributed by atoms with E-state index in [1.54, 1.807) is 29.2 Å². The van der Waals surface area contributed by atoms with Crippen molar-refractivity contribution in [2.75, 3.05) is 5.32 Å². The summed E-state index contributed by atoms with van der Waals surface area (Å²) in [5.74, 6) is -0.368. The zero-order valence-electron chi connectivity index (χ0n) is 12.8. The third-order valence-electron chi connectivity index (χ3n) is 3.36. The van der Waals surface area contributed by atoms with Crippen molar-refractivity contribution in [1.82, 2.24) is 0 Å². The van der Waals surface area contributed by atoms with E-state index in [0.29, 0.717) is 5.69 Å². The van der Waals surface area contributed by atoms with Crippen LogP contribution in [0.15, 0.2) is 58.1 Å². The van der Waals surface area contributed by atoms with E-state index in [9.17, 15) is 9.18 Å². The Morgan fingerprint density at radius 1 is 1.16 bits per heavy atom. The summed E-state index contributed by atoms with van der Waals surface area (Å²) in [6.07, 6.45) is 0. The topological polar surface area (TPSA) is 29.1 Å². The van der Waals surface area contributed by atoms with E-state index in [-0.39, 0.29) is 15.6 Å². The molecule has 1 N–H and O–H groups in total. The summed E-state index contributed by atoms with van der Waals surface area (Å²) in [5, 5.41) is 6.90. The molecule has 7 heteroatoms. The Hall–Kier alpha value is -1.53. The number of amides is 1. The number of carbonyl (C=O) groups excluding carboxylic acids is 1. The maximum atomic E-state index is 13.6. The number of halogens is 3. The molecule has 25 heavy (non-hydrogen) atoms. The minimum absolute atomic E-state index is 0.0428. The highest BCUT2D eigenvalue weighted by atomic mass is 35.5. The molecule has 2 aromatic carbocycles. The van der Waals surface area contributed by atoms with Crippen LogP contribution in [0.5, 0.6) is 0 Å². The molecule has 0 bridgehead atoms. The van der Waals surface area contributed by atoms with Gasteiger partial charge in [-0.05, 0) is 46.7 Å². The van der Waals surface area contributed by atoms with Gasteiger partial charge < -0.3 is 5.32 Å². The zero-order chi connectivity index (χ0) is 17.8. The second-order valence-corrected chi connectivity index (χ2v) is 7.73. The molecule has 0 atom stereocenters. The molecule has 1 heterocycles. The Balaban J connectivity index is 1.78. The zero-order valence-corrected chi connectivity index (χ0v) is 15.9. The summed E-state index contributed by atoms with van der Waals surface area (Å²) in [6, 6.07) is 11.8. The van der Waals surface area contributed by atoms with Crippen molar-refractivity contribution >= 4 is 57.9 Å². The van der Waals surface area contributed by atoms with Gasteiger partial charge in [0.25, 0.3) is 5.91 Å². The molecule has 0 aliphatic carbocycles. The lowest BCUT2D eigenvalue weighted by atomic mass is 10.2. The van der Waals surface area contributed by atoms with E-state index >= 15 is 0 Å². The lowest BCUT2D eigenvalue weighted by Crippen LogP contribution is -2.13. The standard InChI is InChI=1S/C18H12Cl2FNOS2/c19-13-8-14(20)15(21)7-12(13)18(23)22-16-3-1-2-4-17(16)25-10-11-5-6-24-9-11/h1-9H,10H2,(H,22,23). The Kier molecular flexibility index (Phi) is 6.02. The first-order chi connectivity index (χ1) is 12.0. The van der Waals surface area contributed by atoms with Crippen LogP contribution in [0, 0.1) is 5.82 Å². The number of anilines is 1. The van der Waals surface area contributed by atoms with Gasteiger partial charge in [0.05, 0.1) is 21.3 Å². The first kappa shape index (κ1) is 18.3. The second kappa shape index (κ2) is 8.23. The van der Waals surface area contributed by atoms with Gasteiger partial charge in [-0.1, -0.05) is 35.3 Å². The first-order valence-electron chi connectivity index (χ1n) is 7.23. The van der Waals surface area contributed by atoms with Gasteiger partial charge in [0, 0.05) is 10.6 Å². The van der Waals surface area contributed by atoms with Crippen LogP contribution in [-0.2, 0) is 5.75 Å². The monoisotopic (exact) mass is 411 g/mol. The van der Waals surface area contributed by atoms with Crippen LogP contribution in [0.2, 0.25) is 10.0 Å². The van der Waals surface area contributed by atoms with Gasteiger partial charge in [0.1, 0.15) is 5.82 Å². The average molecular weight is 412 g/mol. The predicted molar refractivity (Wildman–Crippen MR) is 105 cm³/mol. The van der Waals surface area contributed by atoms with Crippen LogP contribution >= 0.6 is 46.3 Å². The Morgan fingerprint density at radius 2 is 1.96 bits per heavy atom. The van der Waals surface area contributed by atoms with Crippen LogP contribution in [0.3, 0.4) is 0 Å². The highest BCUT2D eigenvalue weighted by molar-refractivity contribution is 7.98. The summed E-state index contributed by atoms with van der Waals surface area (Å²) in [7, 11) is 0. The van der Waals surface area contributed by atoms with Crippen molar-refractivity contribution in [2.45, 2.75) is 10.6 Å². The maximum absolute atomic E-state index is 13.6. The van der Waals surface area contributed by atoms with Crippen molar-refractivity contribution in [3.05, 3.63) is 80.2 Å². The lowest BCUT2D eigenvalue weighted by Gasteiger charge is -2.11. The molecule has 0 spiro atoms. The highest BCUT2D eigenvalue weighted by Crippen LogP contribution is 2.31. The molecule has 2 nitrogen and oxygen atoms in total. The van der Waals surface area contributed by atoms with Gasteiger partial charge in [-0.15, -0.1) is 11.8 Å². The van der Waals surface area contributed by atoms with Crippen molar-refractivity contribution in [1.29, 1.82) is 0 Å². The third kappa shape index (κ3) is 4.55. The summed E-state index contributed by atoms with van der Waals surface area (Å²) >= 11 is 14.9. The molecule has 0 saturated carbocycles. The van der Waals surface area contributed by atoms with E-state index in [2.05, 4.69) is 16.8 Å². The fraction of sp³-hybridized carbons (Fsp3) is 0.0556. The molecule has 3 rings (SSSR count). The SMILES string of the molecule is O=C(Nc1ccccc1SCc1ccsc1)c1cc(F)c(Cl)cc1Cl. The molecule has 1 amide bonds. The molecule has 1 aromatic heterocycles. The van der Waals surface area contributed by atoms with Crippen LogP contribution in [0.4, 0.5) is 10.1 Å². The van der Waals surface area contributed by atoms with Crippen molar-refractivity contribution < 1.29 is 9.18 Å². The summed E-state index contributed by atoms with van der Waals surface area (Å²) in [4.78, 5) is 13.4. The van der Waals surface area contributed by atoms with Crippen LogP contribution < -0.4 is 5.32 Å². The molecule has 128 valence electrons. The van der Waals surface area contributed by atoms with Crippen LogP contribution in [-0.4, -0.2) is 5.91 Å². The van der Waals surface area contributed by atoms with Crippen molar-refractivity contribution in [3.63, 3.8) is 0 Å². The molecule has 0 radical (unpaired) electrons. The lowest BCUT2D eigenvalue weighted by molar-refractivity contribution is 0.102. The van der Waals surface area contributed by atoms with E-state index in [4.69, 9.17) is 23.2 Å². The molecule has 0 aliphatic rings. The normalized spacial score (nSPS) is 10.7. The predicted octanol–water partition coefficient (Wildman–Crippen LogP) is 6.74. The number of benzene rings is 2. The molecule has 0 unspecified atom stereocenters. The number of nitrogens with one attached hydrogen (secondary N) is 1. The van der Waals surface area contributed by atoms with E-state index in [1.807, 2.05) is 23.6 Å². The fourth-order valence-electron chi connectivity index (χ4n) is 2.12. The smallest absolute Gasteiger partial charge is 0.257 e. The summed E-state index contributed by atoms with van der Waals surface area (Å²) < 4.78 is 13.6. The maximum Gasteiger partial charge on any atom is 0.257 e. The van der Waals surface area contributed by atoms with Gasteiger partial charge in [-0.25, -0.2) is 4.39 Å². The van der Waals surface area contributed by atoms with Crippen molar-refractivity contribution in [2.24, 2.45) is 0 Å². The summed E-state index contributed by atoms with van der Waals surface area (Å²) in [5.41, 5.74) is 1.92. The molecule has 0 saturated heterocycles. The van der Waals surface area contributed by atoms with E-state index in [1.165, 1.54) is 11.6 Å². The highest BCUT2D eigenvalue weighted by Gasteiger charge is 2.15. The molecule has 0 aliphatic heterocycles. The first-order valence-corrected chi connectivity index (χ1v) is 9.92. The molecular formula is C18H12Cl2FNOS2. The average Bonchev–Trinajstić information content (AvgIpc) is 3.11. The van der Waals surface area contributed by atoms with Crippen LogP contribution in [0.1, 0.15) is 15.9 Å².